The average Bonchev–Trinajstić information content (AvgIpc) is 3.40. The van der Waals surface area contributed by atoms with E-state index < -0.39 is 11.6 Å². The summed E-state index contributed by atoms with van der Waals surface area (Å²) < 4.78 is 16.2. The lowest BCUT2D eigenvalue weighted by atomic mass is 10.0. The number of carbonyl (C=O) groups excluding carboxylic acids is 1. The van der Waals surface area contributed by atoms with Crippen molar-refractivity contribution in [3.63, 3.8) is 0 Å². The first kappa shape index (κ1) is 18.4. The van der Waals surface area contributed by atoms with Crippen molar-refractivity contribution >= 4 is 16.9 Å². The number of aryl methyl sites for hydroxylation is 2. The molecule has 5 rings (SSSR count). The van der Waals surface area contributed by atoms with Gasteiger partial charge in [-0.05, 0) is 54.7 Å². The highest BCUT2D eigenvalue weighted by Crippen LogP contribution is 2.28. The normalized spacial score (nSPS) is 12.8. The van der Waals surface area contributed by atoms with Crippen LogP contribution in [-0.2, 0) is 35.4 Å². The van der Waals surface area contributed by atoms with Crippen molar-refractivity contribution in [3.8, 4) is 11.5 Å². The quantitative estimate of drug-likeness (QED) is 0.368. The number of hydrogen-bond donors (Lipinski definition) is 0. The molecule has 0 radical (unpaired) electrons. The Bertz CT molecular complexity index is 1290. The minimum atomic E-state index is -0.449. The predicted octanol–water partition coefficient (Wildman–Crippen LogP) is 4.22. The number of nitrogens with zero attached hydrogens (tertiary/aromatic N) is 1. The molecule has 30 heavy (non-hydrogen) atoms. The van der Waals surface area contributed by atoms with Gasteiger partial charge in [0.1, 0.15) is 18.5 Å². The van der Waals surface area contributed by atoms with Crippen LogP contribution in [0.5, 0.6) is 0 Å². The molecule has 2 heterocycles. The minimum absolute atomic E-state index is 0.00309. The molecule has 6 nitrogen and oxygen atoms in total. The highest BCUT2D eigenvalue weighted by molar-refractivity contribution is 5.82. The van der Waals surface area contributed by atoms with E-state index in [0.29, 0.717) is 22.7 Å². The van der Waals surface area contributed by atoms with E-state index in [9.17, 15) is 9.59 Å². The zero-order valence-electron chi connectivity index (χ0n) is 16.2. The third kappa shape index (κ3) is 3.64. The van der Waals surface area contributed by atoms with Gasteiger partial charge in [0.15, 0.2) is 0 Å². The smallest absolute Gasteiger partial charge is 0.336 e. The molecule has 4 aromatic rings. The minimum Gasteiger partial charge on any atom is -0.460 e. The topological polar surface area (TPSA) is 82.5 Å². The molecular weight excluding hydrogens is 382 g/mol. The Morgan fingerprint density at radius 1 is 1.07 bits per heavy atom. The first-order chi connectivity index (χ1) is 14.7. The van der Waals surface area contributed by atoms with Crippen LogP contribution in [0.15, 0.2) is 68.4 Å². The summed E-state index contributed by atoms with van der Waals surface area (Å²) in [4.78, 5) is 28.6. The summed E-state index contributed by atoms with van der Waals surface area (Å²) in [6.07, 6.45) is 4.56. The lowest BCUT2D eigenvalue weighted by Crippen LogP contribution is -2.10. The van der Waals surface area contributed by atoms with E-state index in [2.05, 4.69) is 4.98 Å². The first-order valence-corrected chi connectivity index (χ1v) is 9.90. The van der Waals surface area contributed by atoms with Crippen molar-refractivity contribution in [2.24, 2.45) is 0 Å². The van der Waals surface area contributed by atoms with E-state index in [1.807, 2.05) is 42.5 Å². The number of esters is 1. The molecule has 2 aromatic carbocycles. The van der Waals surface area contributed by atoms with Gasteiger partial charge in [0.25, 0.3) is 0 Å². The summed E-state index contributed by atoms with van der Waals surface area (Å²) in [5, 5.41) is 0.816. The molecule has 0 saturated heterocycles. The molecule has 0 fully saturated rings. The van der Waals surface area contributed by atoms with E-state index in [0.717, 1.165) is 30.2 Å². The van der Waals surface area contributed by atoms with Crippen LogP contribution in [-0.4, -0.2) is 11.0 Å². The van der Waals surface area contributed by atoms with Crippen molar-refractivity contribution < 1.29 is 18.4 Å². The molecule has 0 N–H and O–H groups in total. The Labute approximate surface area is 172 Å². The van der Waals surface area contributed by atoms with Gasteiger partial charge in [-0.3, -0.25) is 4.79 Å². The monoisotopic (exact) mass is 401 g/mol. The number of fused-ring (bicyclic) bond motifs is 2. The van der Waals surface area contributed by atoms with Gasteiger partial charge in [-0.1, -0.05) is 18.2 Å². The van der Waals surface area contributed by atoms with Crippen LogP contribution < -0.4 is 5.63 Å². The molecule has 150 valence electrons. The van der Waals surface area contributed by atoms with Gasteiger partial charge >= 0.3 is 11.6 Å². The van der Waals surface area contributed by atoms with Crippen molar-refractivity contribution in [3.05, 3.63) is 87.6 Å². The highest BCUT2D eigenvalue weighted by atomic mass is 16.5. The zero-order chi connectivity index (χ0) is 20.5. The Kier molecular flexibility index (Phi) is 4.67. The number of ether oxygens (including phenoxy) is 1. The molecule has 0 amide bonds. The molecule has 0 unspecified atom stereocenters. The van der Waals surface area contributed by atoms with Gasteiger partial charge in [-0.25, -0.2) is 9.78 Å². The maximum atomic E-state index is 12.3. The third-order valence-corrected chi connectivity index (χ3v) is 5.33. The molecule has 0 aliphatic heterocycles. The zero-order valence-corrected chi connectivity index (χ0v) is 16.2. The molecule has 1 aliphatic rings. The van der Waals surface area contributed by atoms with Gasteiger partial charge in [-0.15, -0.1) is 0 Å². The molecule has 0 saturated carbocycles. The van der Waals surface area contributed by atoms with Crippen LogP contribution in [0.25, 0.3) is 22.4 Å². The molecule has 2 aromatic heterocycles. The second-order valence-corrected chi connectivity index (χ2v) is 7.41. The summed E-state index contributed by atoms with van der Waals surface area (Å²) in [6, 6.07) is 14.8. The van der Waals surface area contributed by atoms with Gasteiger partial charge < -0.3 is 13.6 Å². The predicted molar refractivity (Wildman–Crippen MR) is 110 cm³/mol. The van der Waals surface area contributed by atoms with Crippen LogP contribution >= 0.6 is 0 Å². The molecule has 0 spiro atoms. The van der Waals surface area contributed by atoms with Crippen LogP contribution in [0, 0.1) is 0 Å². The Morgan fingerprint density at radius 2 is 1.87 bits per heavy atom. The van der Waals surface area contributed by atoms with E-state index in [1.54, 1.807) is 0 Å². The Hall–Kier alpha value is -3.67. The highest BCUT2D eigenvalue weighted by Gasteiger charge is 2.17. The van der Waals surface area contributed by atoms with Crippen LogP contribution in [0.4, 0.5) is 0 Å². The van der Waals surface area contributed by atoms with Gasteiger partial charge in [0.2, 0.25) is 5.89 Å². The van der Waals surface area contributed by atoms with Crippen molar-refractivity contribution in [1.82, 2.24) is 4.98 Å². The maximum Gasteiger partial charge on any atom is 0.336 e. The third-order valence-electron chi connectivity index (χ3n) is 5.33. The lowest BCUT2D eigenvalue weighted by molar-refractivity contribution is -0.144. The summed E-state index contributed by atoms with van der Waals surface area (Å²) in [6.45, 7) is 0.00309. The van der Waals surface area contributed by atoms with Crippen LogP contribution in [0.1, 0.15) is 28.8 Å². The lowest BCUT2D eigenvalue weighted by Gasteiger charge is -2.08. The van der Waals surface area contributed by atoms with Gasteiger partial charge in [-0.2, -0.15) is 0 Å². The fourth-order valence-corrected chi connectivity index (χ4v) is 3.87. The second-order valence-electron chi connectivity index (χ2n) is 7.41. The number of oxazole rings is 1. The fraction of sp³-hybridized carbons (Fsp3) is 0.208. The largest absolute Gasteiger partial charge is 0.460 e. The van der Waals surface area contributed by atoms with E-state index in [1.165, 1.54) is 23.5 Å². The Morgan fingerprint density at radius 3 is 2.70 bits per heavy atom. The number of hydrogen-bond acceptors (Lipinski definition) is 6. The summed E-state index contributed by atoms with van der Waals surface area (Å²) >= 11 is 0. The van der Waals surface area contributed by atoms with Crippen LogP contribution in [0.3, 0.4) is 0 Å². The number of carbonyl (C=O) groups is 1. The maximum absolute atomic E-state index is 12.3. The van der Waals surface area contributed by atoms with Gasteiger partial charge in [0.05, 0.1) is 12.1 Å². The Balaban J connectivity index is 1.30. The van der Waals surface area contributed by atoms with Crippen molar-refractivity contribution in [2.45, 2.75) is 32.3 Å². The number of rotatable bonds is 5. The number of benzene rings is 2. The molecule has 1 aliphatic carbocycles. The van der Waals surface area contributed by atoms with E-state index in [-0.39, 0.29) is 13.0 Å². The molecular formula is C24H19NO5. The molecule has 0 bridgehead atoms. The van der Waals surface area contributed by atoms with Crippen molar-refractivity contribution in [1.29, 1.82) is 0 Å². The van der Waals surface area contributed by atoms with Crippen LogP contribution in [0.2, 0.25) is 0 Å². The fourth-order valence-electron chi connectivity index (χ4n) is 3.87. The standard InChI is InChI=1S/C24H19NO5/c26-22(12-19-14-29-24(25-19)15-5-2-1-3-6-15)28-13-18-11-23(27)30-21-10-17-8-4-7-16(17)9-20(18)21/h1-3,5-6,9-11,14H,4,7-8,12-13H2. The van der Waals surface area contributed by atoms with Gasteiger partial charge in [0, 0.05) is 22.6 Å². The van der Waals surface area contributed by atoms with E-state index in [4.69, 9.17) is 13.6 Å². The molecule has 0 atom stereocenters. The summed E-state index contributed by atoms with van der Waals surface area (Å²) in [7, 11) is 0. The molecule has 6 heteroatoms. The average molecular weight is 401 g/mol. The summed E-state index contributed by atoms with van der Waals surface area (Å²) in [5.41, 5.74) is 4.56. The SMILES string of the molecule is O=C(Cc1coc(-c2ccccc2)n1)OCc1cc(=O)oc2cc3c(cc12)CCC3. The first-order valence-electron chi connectivity index (χ1n) is 9.90. The van der Waals surface area contributed by atoms with E-state index >= 15 is 0 Å². The number of aromatic nitrogens is 1. The summed E-state index contributed by atoms with van der Waals surface area (Å²) in [5.74, 6) is 0.0179. The van der Waals surface area contributed by atoms with Crippen molar-refractivity contribution in [2.75, 3.05) is 0 Å². The second kappa shape index (κ2) is 7.63.